The number of hydrogen-bond donors (Lipinski definition) is 3. The van der Waals surface area contributed by atoms with Gasteiger partial charge >= 0.3 is 0 Å². The molecule has 0 radical (unpaired) electrons. The molecule has 13 heavy (non-hydrogen) atoms. The number of nitrogens with two attached hydrogens (primary N) is 1. The van der Waals surface area contributed by atoms with E-state index >= 15 is 0 Å². The first kappa shape index (κ1) is 15.5. The van der Waals surface area contributed by atoms with E-state index in [1.807, 2.05) is 6.92 Å². The maximum Gasteiger partial charge on any atom is 0.191 e. The van der Waals surface area contributed by atoms with Crippen molar-refractivity contribution >= 4 is 51.5 Å². The van der Waals surface area contributed by atoms with Crippen LogP contribution in [0.5, 0.6) is 0 Å². The Morgan fingerprint density at radius 2 is 2.31 bits per heavy atom. The lowest BCUT2D eigenvalue weighted by molar-refractivity contribution is 1.11. The van der Waals surface area contributed by atoms with E-state index in [9.17, 15) is 0 Å². The quantitative estimate of drug-likeness (QED) is 0.418. The fourth-order valence-electron chi connectivity index (χ4n) is 0.515. The van der Waals surface area contributed by atoms with Gasteiger partial charge in [-0.1, -0.05) is 11.8 Å². The SMILES string of the molecule is Br.CCN=C(NC(=N)N)SCCCl. The molecule has 0 aliphatic carbocycles. The van der Waals surface area contributed by atoms with Crippen molar-refractivity contribution in [1.29, 1.82) is 5.41 Å². The number of rotatable bonds is 3. The smallest absolute Gasteiger partial charge is 0.191 e. The van der Waals surface area contributed by atoms with Crippen molar-refractivity contribution in [3.63, 3.8) is 0 Å². The van der Waals surface area contributed by atoms with Gasteiger partial charge in [-0.05, 0) is 6.92 Å². The van der Waals surface area contributed by atoms with Gasteiger partial charge in [0.1, 0.15) is 0 Å². The Hall–Kier alpha value is 0.0600. The van der Waals surface area contributed by atoms with Gasteiger partial charge in [0.05, 0.1) is 0 Å². The van der Waals surface area contributed by atoms with E-state index in [-0.39, 0.29) is 22.9 Å². The van der Waals surface area contributed by atoms with Crippen molar-refractivity contribution in [3.8, 4) is 0 Å². The molecular formula is C6H14BrClN4S. The van der Waals surface area contributed by atoms with Gasteiger partial charge < -0.3 is 11.1 Å². The lowest BCUT2D eigenvalue weighted by Crippen LogP contribution is -2.34. The number of nitrogens with one attached hydrogen (secondary N) is 2. The normalized spacial score (nSPS) is 10.5. The second-order valence-corrected chi connectivity index (χ2v) is 3.32. The molecule has 0 aliphatic heterocycles. The molecule has 0 aromatic heterocycles. The van der Waals surface area contributed by atoms with Crippen LogP contribution in [0, 0.1) is 5.41 Å². The van der Waals surface area contributed by atoms with Crippen LogP contribution < -0.4 is 11.1 Å². The summed E-state index contributed by atoms with van der Waals surface area (Å²) in [6, 6.07) is 0. The Bertz CT molecular complexity index is 176. The third-order valence-electron chi connectivity index (χ3n) is 0.859. The lowest BCUT2D eigenvalue weighted by atomic mass is 10.8. The number of alkyl halides is 1. The van der Waals surface area contributed by atoms with E-state index in [1.165, 1.54) is 11.8 Å². The van der Waals surface area contributed by atoms with Gasteiger partial charge in [0.25, 0.3) is 0 Å². The number of nitrogens with zero attached hydrogens (tertiary/aromatic N) is 1. The maximum atomic E-state index is 6.98. The van der Waals surface area contributed by atoms with Gasteiger partial charge in [0, 0.05) is 18.2 Å². The van der Waals surface area contributed by atoms with Crippen LogP contribution in [0.25, 0.3) is 0 Å². The van der Waals surface area contributed by atoms with Gasteiger partial charge in [-0.3, -0.25) is 10.4 Å². The van der Waals surface area contributed by atoms with Gasteiger partial charge in [0.15, 0.2) is 11.1 Å². The van der Waals surface area contributed by atoms with Gasteiger partial charge in [0.2, 0.25) is 0 Å². The van der Waals surface area contributed by atoms with Gasteiger partial charge in [-0.15, -0.1) is 28.6 Å². The molecule has 4 nitrogen and oxygen atoms in total. The molecule has 0 saturated carbocycles. The second kappa shape index (κ2) is 10.1. The van der Waals surface area contributed by atoms with Crippen molar-refractivity contribution in [2.45, 2.75) is 6.92 Å². The average Bonchev–Trinajstić information content (AvgIpc) is 2.00. The molecule has 4 N–H and O–H groups in total. The van der Waals surface area contributed by atoms with E-state index in [0.717, 1.165) is 5.75 Å². The fourth-order valence-corrected chi connectivity index (χ4v) is 1.42. The number of guanidine groups is 1. The largest absolute Gasteiger partial charge is 0.370 e. The summed E-state index contributed by atoms with van der Waals surface area (Å²) in [5.74, 6) is 1.23. The van der Waals surface area contributed by atoms with E-state index in [4.69, 9.17) is 22.7 Å². The highest BCUT2D eigenvalue weighted by molar-refractivity contribution is 8.93. The van der Waals surface area contributed by atoms with Crippen LogP contribution in [0.3, 0.4) is 0 Å². The minimum absolute atomic E-state index is 0. The molecule has 78 valence electrons. The maximum absolute atomic E-state index is 6.98. The number of halogens is 2. The van der Waals surface area contributed by atoms with Crippen LogP contribution in [-0.2, 0) is 0 Å². The molecule has 0 aromatic carbocycles. The highest BCUT2D eigenvalue weighted by Gasteiger charge is 1.98. The molecule has 0 fully saturated rings. The number of thioether (sulfide) groups is 1. The minimum atomic E-state index is -0.0933. The summed E-state index contributed by atoms with van der Waals surface area (Å²) < 4.78 is 0. The van der Waals surface area contributed by atoms with E-state index in [2.05, 4.69) is 10.3 Å². The molecule has 0 bridgehead atoms. The van der Waals surface area contributed by atoms with Crippen molar-refractivity contribution in [2.75, 3.05) is 18.2 Å². The fraction of sp³-hybridized carbons (Fsp3) is 0.667. The Balaban J connectivity index is 0. The molecule has 0 rings (SSSR count). The van der Waals surface area contributed by atoms with Crippen LogP contribution in [0.15, 0.2) is 4.99 Å². The first-order valence-electron chi connectivity index (χ1n) is 3.55. The summed E-state index contributed by atoms with van der Waals surface area (Å²) in [6.07, 6.45) is 0. The summed E-state index contributed by atoms with van der Waals surface area (Å²) in [5.41, 5.74) is 5.14. The summed E-state index contributed by atoms with van der Waals surface area (Å²) in [5, 5.41) is 10.3. The van der Waals surface area contributed by atoms with Crippen molar-refractivity contribution < 1.29 is 0 Å². The van der Waals surface area contributed by atoms with Crippen LogP contribution in [0.1, 0.15) is 6.92 Å². The zero-order valence-electron chi connectivity index (χ0n) is 7.34. The molecule has 0 amide bonds. The Morgan fingerprint density at radius 1 is 1.69 bits per heavy atom. The molecule has 7 heteroatoms. The van der Waals surface area contributed by atoms with E-state index < -0.39 is 0 Å². The van der Waals surface area contributed by atoms with Crippen LogP contribution in [-0.4, -0.2) is 29.3 Å². The highest BCUT2D eigenvalue weighted by atomic mass is 79.9. The number of aliphatic imine (C=N–C) groups is 1. The number of amidine groups is 1. The first-order chi connectivity index (χ1) is 5.70. The minimum Gasteiger partial charge on any atom is -0.370 e. The molecule has 0 aliphatic rings. The molecule has 0 unspecified atom stereocenters. The van der Waals surface area contributed by atoms with Gasteiger partial charge in [-0.2, -0.15) is 0 Å². The topological polar surface area (TPSA) is 74.3 Å². The molecule has 0 atom stereocenters. The van der Waals surface area contributed by atoms with E-state index in [0.29, 0.717) is 17.6 Å². The predicted octanol–water partition coefficient (Wildman–Crippen LogP) is 1.40. The molecular weight excluding hydrogens is 276 g/mol. The highest BCUT2D eigenvalue weighted by Crippen LogP contribution is 2.02. The number of hydrogen-bond acceptors (Lipinski definition) is 3. The first-order valence-corrected chi connectivity index (χ1v) is 5.07. The van der Waals surface area contributed by atoms with Crippen molar-refractivity contribution in [3.05, 3.63) is 0 Å². The van der Waals surface area contributed by atoms with Crippen LogP contribution in [0.4, 0.5) is 0 Å². The summed E-state index contributed by atoms with van der Waals surface area (Å²) in [7, 11) is 0. The zero-order valence-corrected chi connectivity index (χ0v) is 10.6. The molecule has 0 heterocycles. The Labute approximate surface area is 98.0 Å². The van der Waals surface area contributed by atoms with Gasteiger partial charge in [-0.25, -0.2) is 0 Å². The van der Waals surface area contributed by atoms with Crippen molar-refractivity contribution in [1.82, 2.24) is 5.32 Å². The van der Waals surface area contributed by atoms with Crippen molar-refractivity contribution in [2.24, 2.45) is 10.7 Å². The summed E-state index contributed by atoms with van der Waals surface area (Å²) in [6.45, 7) is 2.59. The molecule has 0 spiro atoms. The molecule has 0 aromatic rings. The predicted molar refractivity (Wildman–Crippen MR) is 66.5 cm³/mol. The second-order valence-electron chi connectivity index (χ2n) is 1.86. The Kier molecular flexibility index (Phi) is 12.1. The standard InChI is InChI=1S/C6H13ClN4S.BrH/c1-2-10-6(11-5(8)9)12-4-3-7;/h2-4H2,1H3,(H4,8,9,10,11);1H. The zero-order chi connectivity index (χ0) is 9.40. The van der Waals surface area contributed by atoms with Crippen LogP contribution in [0.2, 0.25) is 0 Å². The van der Waals surface area contributed by atoms with Crippen LogP contribution >= 0.6 is 40.3 Å². The lowest BCUT2D eigenvalue weighted by Gasteiger charge is -2.05. The molecule has 0 saturated heterocycles. The van der Waals surface area contributed by atoms with E-state index in [1.54, 1.807) is 0 Å². The third-order valence-corrected chi connectivity index (χ3v) is 2.19. The summed E-state index contributed by atoms with van der Waals surface area (Å²) in [4.78, 5) is 4.09. The third kappa shape index (κ3) is 9.98. The Morgan fingerprint density at radius 3 is 2.69 bits per heavy atom. The monoisotopic (exact) mass is 288 g/mol. The average molecular weight is 290 g/mol. The summed E-state index contributed by atoms with van der Waals surface area (Å²) >= 11 is 6.95.